The summed E-state index contributed by atoms with van der Waals surface area (Å²) in [6, 6.07) is 16.6. The monoisotopic (exact) mass is 467 g/mol. The van der Waals surface area contributed by atoms with Gasteiger partial charge in [0.15, 0.2) is 10.8 Å². The number of benzene rings is 2. The van der Waals surface area contributed by atoms with E-state index < -0.39 is 5.97 Å². The second-order valence-corrected chi connectivity index (χ2v) is 7.84. The number of nitrogens with zero attached hydrogens (tertiary/aromatic N) is 3. The zero-order valence-corrected chi connectivity index (χ0v) is 17.6. The Bertz CT molecular complexity index is 1150. The standard InChI is InChI=1S/C21H14BrN3O3S/c1-13(26)25(17-8-3-2-4-9-17)21-23-16(12-29-21)11-18-20(27)28-19(24-18)14-6-5-7-15(22)10-14/h2-12H,1H3. The van der Waals surface area contributed by atoms with Crippen molar-refractivity contribution < 1.29 is 14.3 Å². The second kappa shape index (κ2) is 8.10. The van der Waals surface area contributed by atoms with Gasteiger partial charge in [-0.05, 0) is 36.4 Å². The molecule has 0 saturated carbocycles. The van der Waals surface area contributed by atoms with Crippen LogP contribution in [0.5, 0.6) is 0 Å². The largest absolute Gasteiger partial charge is 0.402 e. The zero-order valence-electron chi connectivity index (χ0n) is 15.2. The van der Waals surface area contributed by atoms with E-state index >= 15 is 0 Å². The lowest BCUT2D eigenvalue weighted by atomic mass is 10.2. The van der Waals surface area contributed by atoms with Crippen LogP contribution < -0.4 is 4.90 Å². The van der Waals surface area contributed by atoms with Crippen molar-refractivity contribution >= 4 is 61.9 Å². The van der Waals surface area contributed by atoms with E-state index in [4.69, 9.17) is 4.74 Å². The Kier molecular flexibility index (Phi) is 5.37. The average molecular weight is 468 g/mol. The minimum Gasteiger partial charge on any atom is -0.402 e. The fourth-order valence-electron chi connectivity index (χ4n) is 2.74. The van der Waals surface area contributed by atoms with Crippen LogP contribution in [0.4, 0.5) is 10.8 Å². The summed E-state index contributed by atoms with van der Waals surface area (Å²) in [4.78, 5) is 34.7. The van der Waals surface area contributed by atoms with Gasteiger partial charge in [0, 0.05) is 22.3 Å². The van der Waals surface area contributed by atoms with Gasteiger partial charge in [-0.25, -0.2) is 14.8 Å². The number of ether oxygens (including phenoxy) is 1. The number of thiazole rings is 1. The molecule has 3 aromatic rings. The normalized spacial score (nSPS) is 14.6. The van der Waals surface area contributed by atoms with Crippen LogP contribution in [0.3, 0.4) is 0 Å². The predicted molar refractivity (Wildman–Crippen MR) is 116 cm³/mol. The quantitative estimate of drug-likeness (QED) is 0.402. The highest BCUT2D eigenvalue weighted by molar-refractivity contribution is 9.10. The minimum atomic E-state index is -0.541. The van der Waals surface area contributed by atoms with E-state index in [1.54, 1.807) is 11.5 Å². The average Bonchev–Trinajstić information content (AvgIpc) is 3.30. The van der Waals surface area contributed by atoms with E-state index in [2.05, 4.69) is 25.9 Å². The lowest BCUT2D eigenvalue weighted by Crippen LogP contribution is -2.22. The molecular formula is C21H14BrN3O3S. The van der Waals surface area contributed by atoms with Crippen LogP contribution >= 0.6 is 27.3 Å². The van der Waals surface area contributed by atoms with Gasteiger partial charge < -0.3 is 4.74 Å². The SMILES string of the molecule is CC(=O)N(c1ccccc1)c1nc(C=C2N=C(c3cccc(Br)c3)OC2=O)cs1. The molecule has 4 rings (SSSR count). The Labute approximate surface area is 179 Å². The van der Waals surface area contributed by atoms with Crippen molar-refractivity contribution in [2.75, 3.05) is 4.90 Å². The number of rotatable bonds is 4. The maximum Gasteiger partial charge on any atom is 0.363 e. The Morgan fingerprint density at radius 3 is 2.69 bits per heavy atom. The summed E-state index contributed by atoms with van der Waals surface area (Å²) in [5.41, 5.74) is 2.11. The lowest BCUT2D eigenvalue weighted by Gasteiger charge is -2.17. The van der Waals surface area contributed by atoms with Crippen LogP contribution in [0.15, 0.2) is 75.1 Å². The smallest absolute Gasteiger partial charge is 0.363 e. The number of aliphatic imine (C=N–C) groups is 1. The van der Waals surface area contributed by atoms with Gasteiger partial charge in [-0.15, -0.1) is 11.3 Å². The van der Waals surface area contributed by atoms with Crippen LogP contribution in [-0.2, 0) is 14.3 Å². The van der Waals surface area contributed by atoms with Crippen molar-refractivity contribution in [2.24, 2.45) is 4.99 Å². The molecule has 2 heterocycles. The molecule has 0 unspecified atom stereocenters. The van der Waals surface area contributed by atoms with E-state index in [1.807, 2.05) is 54.6 Å². The molecule has 1 aliphatic heterocycles. The fourth-order valence-corrected chi connectivity index (χ4v) is 3.99. The molecule has 6 nitrogen and oxygen atoms in total. The van der Waals surface area contributed by atoms with Gasteiger partial charge >= 0.3 is 5.97 Å². The number of carbonyl (C=O) groups is 2. The molecule has 144 valence electrons. The van der Waals surface area contributed by atoms with Crippen LogP contribution in [-0.4, -0.2) is 22.8 Å². The van der Waals surface area contributed by atoms with Crippen molar-refractivity contribution in [3.63, 3.8) is 0 Å². The molecule has 0 bridgehead atoms. The zero-order chi connectivity index (χ0) is 20.4. The molecule has 2 aromatic carbocycles. The molecule has 0 spiro atoms. The molecule has 0 N–H and O–H groups in total. The van der Waals surface area contributed by atoms with Crippen LogP contribution in [0.1, 0.15) is 18.2 Å². The first-order valence-electron chi connectivity index (χ1n) is 8.61. The first-order chi connectivity index (χ1) is 14.0. The summed E-state index contributed by atoms with van der Waals surface area (Å²) in [5, 5.41) is 2.28. The Morgan fingerprint density at radius 2 is 1.97 bits per heavy atom. The van der Waals surface area contributed by atoms with E-state index in [0.29, 0.717) is 16.4 Å². The third-order valence-corrected chi connectivity index (χ3v) is 5.34. The van der Waals surface area contributed by atoms with Gasteiger partial charge in [0.25, 0.3) is 0 Å². The minimum absolute atomic E-state index is 0.153. The number of halogens is 1. The highest BCUT2D eigenvalue weighted by Gasteiger charge is 2.25. The number of hydrogen-bond acceptors (Lipinski definition) is 6. The Balaban J connectivity index is 1.63. The van der Waals surface area contributed by atoms with Gasteiger partial charge in [-0.1, -0.05) is 40.2 Å². The molecule has 0 aliphatic carbocycles. The van der Waals surface area contributed by atoms with Gasteiger partial charge in [-0.2, -0.15) is 0 Å². The Hall–Kier alpha value is -3.10. The summed E-state index contributed by atoms with van der Waals surface area (Å²) < 4.78 is 6.14. The first-order valence-corrected chi connectivity index (χ1v) is 10.3. The molecule has 0 radical (unpaired) electrons. The number of esters is 1. The second-order valence-electron chi connectivity index (χ2n) is 6.09. The fraction of sp³-hybridized carbons (Fsp3) is 0.0476. The van der Waals surface area contributed by atoms with E-state index in [9.17, 15) is 9.59 Å². The van der Waals surface area contributed by atoms with E-state index in [1.165, 1.54) is 23.2 Å². The van der Waals surface area contributed by atoms with Crippen LogP contribution in [0, 0.1) is 0 Å². The predicted octanol–water partition coefficient (Wildman–Crippen LogP) is 4.93. The molecule has 1 amide bonds. The topological polar surface area (TPSA) is 71.9 Å². The number of aromatic nitrogens is 1. The third-order valence-electron chi connectivity index (χ3n) is 4.01. The van der Waals surface area contributed by atoms with Crippen molar-refractivity contribution in [2.45, 2.75) is 6.92 Å². The lowest BCUT2D eigenvalue weighted by molar-refractivity contribution is -0.130. The van der Waals surface area contributed by atoms with Crippen molar-refractivity contribution in [3.8, 4) is 0 Å². The number of para-hydroxylation sites is 1. The number of amides is 1. The highest BCUT2D eigenvalue weighted by Crippen LogP contribution is 2.30. The molecule has 0 atom stereocenters. The number of anilines is 2. The van der Waals surface area contributed by atoms with E-state index in [0.717, 1.165) is 10.2 Å². The number of hydrogen-bond donors (Lipinski definition) is 0. The maximum atomic E-state index is 12.2. The van der Waals surface area contributed by atoms with Gasteiger partial charge in [0.2, 0.25) is 11.8 Å². The van der Waals surface area contributed by atoms with Gasteiger partial charge in [0.05, 0.1) is 11.4 Å². The van der Waals surface area contributed by atoms with Gasteiger partial charge in [-0.3, -0.25) is 9.69 Å². The van der Waals surface area contributed by atoms with E-state index in [-0.39, 0.29) is 17.5 Å². The summed E-state index contributed by atoms with van der Waals surface area (Å²) in [6.07, 6.45) is 1.55. The van der Waals surface area contributed by atoms with Gasteiger partial charge in [0.1, 0.15) is 0 Å². The van der Waals surface area contributed by atoms with Crippen molar-refractivity contribution in [3.05, 3.63) is 81.4 Å². The first kappa shape index (κ1) is 19.2. The summed E-state index contributed by atoms with van der Waals surface area (Å²) in [5.74, 6) is -0.450. The molecule has 1 aromatic heterocycles. The van der Waals surface area contributed by atoms with Crippen molar-refractivity contribution in [1.29, 1.82) is 0 Å². The molecular weight excluding hydrogens is 454 g/mol. The Morgan fingerprint density at radius 1 is 1.17 bits per heavy atom. The third kappa shape index (κ3) is 4.18. The summed E-state index contributed by atoms with van der Waals surface area (Å²) in [7, 11) is 0. The highest BCUT2D eigenvalue weighted by atomic mass is 79.9. The summed E-state index contributed by atoms with van der Waals surface area (Å²) in [6.45, 7) is 1.48. The molecule has 0 saturated heterocycles. The molecule has 0 fully saturated rings. The molecule has 8 heteroatoms. The number of cyclic esters (lactones) is 1. The summed E-state index contributed by atoms with van der Waals surface area (Å²) >= 11 is 4.70. The molecule has 1 aliphatic rings. The molecule has 29 heavy (non-hydrogen) atoms. The van der Waals surface area contributed by atoms with Crippen LogP contribution in [0.25, 0.3) is 6.08 Å². The maximum absolute atomic E-state index is 12.2. The van der Waals surface area contributed by atoms with Crippen LogP contribution in [0.2, 0.25) is 0 Å². The van der Waals surface area contributed by atoms with Crippen molar-refractivity contribution in [1.82, 2.24) is 4.98 Å². The number of carbonyl (C=O) groups excluding carboxylic acids is 2.